The number of hydrogen-bond donors (Lipinski definition) is 2. The molecule has 2 amide bonds. The van der Waals surface area contributed by atoms with Gasteiger partial charge in [-0.15, -0.1) is 0 Å². The number of carbonyl (C=O) groups excluding carboxylic acids is 3. The smallest absolute Gasteiger partial charge is 0.387 e. The lowest BCUT2D eigenvalue weighted by Crippen LogP contribution is -2.32. The molecule has 0 unspecified atom stereocenters. The maximum Gasteiger partial charge on any atom is 0.387 e. The summed E-state index contributed by atoms with van der Waals surface area (Å²) < 4.78 is 33.5. The van der Waals surface area contributed by atoms with E-state index in [1.54, 1.807) is 24.3 Å². The van der Waals surface area contributed by atoms with Gasteiger partial charge in [-0.25, -0.2) is 4.79 Å². The van der Waals surface area contributed by atoms with Gasteiger partial charge in [-0.2, -0.15) is 8.78 Å². The van der Waals surface area contributed by atoms with Crippen LogP contribution in [0, 0.1) is 0 Å². The van der Waals surface area contributed by atoms with Gasteiger partial charge in [0.2, 0.25) is 5.78 Å². The Bertz CT molecular complexity index is 829. The van der Waals surface area contributed by atoms with Gasteiger partial charge in [0, 0.05) is 17.8 Å². The van der Waals surface area contributed by atoms with Crippen molar-refractivity contribution in [2.24, 2.45) is 0 Å². The molecule has 2 aromatic carbocycles. The average molecular weight is 406 g/mol. The number of amides is 2. The van der Waals surface area contributed by atoms with E-state index in [0.29, 0.717) is 5.69 Å². The minimum Gasteiger partial charge on any atom is -0.454 e. The van der Waals surface area contributed by atoms with Crippen molar-refractivity contribution in [1.82, 2.24) is 5.32 Å². The number of rotatable bonds is 9. The second-order valence-electron chi connectivity index (χ2n) is 5.90. The second-order valence-corrected chi connectivity index (χ2v) is 5.90. The number of para-hydroxylation sites is 1. The molecule has 154 valence electrons. The molecule has 2 N–H and O–H groups in total. The van der Waals surface area contributed by atoms with E-state index >= 15 is 0 Å². The third-order valence-electron chi connectivity index (χ3n) is 3.69. The Morgan fingerprint density at radius 2 is 1.66 bits per heavy atom. The van der Waals surface area contributed by atoms with E-state index in [4.69, 9.17) is 4.74 Å². The highest BCUT2D eigenvalue weighted by atomic mass is 19.3. The topological polar surface area (TPSA) is 93.7 Å². The Balaban J connectivity index is 1.73. The number of nitrogens with one attached hydrogen (secondary N) is 2. The van der Waals surface area contributed by atoms with Crippen LogP contribution in [0.15, 0.2) is 54.6 Å². The molecule has 0 spiro atoms. The highest BCUT2D eigenvalue weighted by Gasteiger charge is 2.19. The number of esters is 1. The minimum absolute atomic E-state index is 0.0259. The molecule has 1 atom stereocenters. The summed E-state index contributed by atoms with van der Waals surface area (Å²) in [5, 5.41) is 5.11. The first-order valence-electron chi connectivity index (χ1n) is 8.73. The minimum atomic E-state index is -2.96. The van der Waals surface area contributed by atoms with Crippen LogP contribution in [0.25, 0.3) is 0 Å². The monoisotopic (exact) mass is 406 g/mol. The Morgan fingerprint density at radius 3 is 2.28 bits per heavy atom. The van der Waals surface area contributed by atoms with E-state index in [1.165, 1.54) is 31.2 Å². The first kappa shape index (κ1) is 21.8. The molecule has 2 rings (SSSR count). The van der Waals surface area contributed by atoms with Gasteiger partial charge in [0.15, 0.2) is 6.10 Å². The number of carbonyl (C=O) groups is 3. The number of ether oxygens (including phenoxy) is 2. The summed E-state index contributed by atoms with van der Waals surface area (Å²) in [6, 6.07) is 13.4. The predicted molar refractivity (Wildman–Crippen MR) is 101 cm³/mol. The van der Waals surface area contributed by atoms with Crippen molar-refractivity contribution < 1.29 is 32.6 Å². The molecule has 0 bridgehead atoms. The van der Waals surface area contributed by atoms with Crippen molar-refractivity contribution in [3.05, 3.63) is 60.2 Å². The third kappa shape index (κ3) is 7.57. The van der Waals surface area contributed by atoms with Crippen LogP contribution in [0.5, 0.6) is 5.75 Å². The van der Waals surface area contributed by atoms with E-state index in [-0.39, 0.29) is 24.3 Å². The van der Waals surface area contributed by atoms with Crippen molar-refractivity contribution in [1.29, 1.82) is 0 Å². The number of Topliss-reactive ketones (excluding diaryl/α,β-unsaturated/α-hetero) is 1. The zero-order valence-electron chi connectivity index (χ0n) is 15.6. The molecule has 0 saturated heterocycles. The van der Waals surface area contributed by atoms with Gasteiger partial charge >= 0.3 is 18.6 Å². The van der Waals surface area contributed by atoms with E-state index in [2.05, 4.69) is 15.4 Å². The number of halogens is 2. The molecule has 9 heteroatoms. The largest absolute Gasteiger partial charge is 0.454 e. The van der Waals surface area contributed by atoms with Gasteiger partial charge in [-0.1, -0.05) is 18.2 Å². The molecule has 0 aliphatic heterocycles. The number of hydrogen-bond acceptors (Lipinski definition) is 5. The van der Waals surface area contributed by atoms with Crippen molar-refractivity contribution in [2.75, 3.05) is 11.9 Å². The summed E-state index contributed by atoms with van der Waals surface area (Å²) in [6.45, 7) is -1.53. The maximum atomic E-state index is 12.3. The number of ketones is 1. The fourth-order valence-electron chi connectivity index (χ4n) is 2.32. The predicted octanol–water partition coefficient (Wildman–Crippen LogP) is 3.61. The fraction of sp³-hybridized carbons (Fsp3) is 0.250. The first-order valence-corrected chi connectivity index (χ1v) is 8.73. The van der Waals surface area contributed by atoms with Crippen LogP contribution < -0.4 is 15.4 Å². The van der Waals surface area contributed by atoms with Gasteiger partial charge in [0.25, 0.3) is 0 Å². The van der Waals surface area contributed by atoms with Crippen LogP contribution in [0.4, 0.5) is 19.3 Å². The van der Waals surface area contributed by atoms with Crippen molar-refractivity contribution in [2.45, 2.75) is 26.1 Å². The van der Waals surface area contributed by atoms with Gasteiger partial charge in [-0.05, 0) is 43.3 Å². The Kier molecular flexibility index (Phi) is 8.08. The summed E-state index contributed by atoms with van der Waals surface area (Å²) in [5.41, 5.74) is 0.795. The van der Waals surface area contributed by atoms with Crippen LogP contribution in [0.2, 0.25) is 0 Å². The SMILES string of the molecule is C[C@H](OC(=O)CCNC(=O)Nc1ccccc1)C(=O)c1ccc(OC(F)F)cc1. The number of benzene rings is 2. The molecule has 0 heterocycles. The van der Waals surface area contributed by atoms with E-state index in [1.807, 2.05) is 6.07 Å². The molecule has 0 aliphatic rings. The van der Waals surface area contributed by atoms with Crippen LogP contribution >= 0.6 is 0 Å². The van der Waals surface area contributed by atoms with Gasteiger partial charge in [0.1, 0.15) is 5.75 Å². The van der Waals surface area contributed by atoms with E-state index < -0.39 is 30.5 Å². The number of alkyl halides is 2. The van der Waals surface area contributed by atoms with Crippen molar-refractivity contribution >= 4 is 23.5 Å². The zero-order chi connectivity index (χ0) is 21.2. The summed E-state index contributed by atoms with van der Waals surface area (Å²) in [6.07, 6.45) is -1.19. The fourth-order valence-corrected chi connectivity index (χ4v) is 2.32. The third-order valence-corrected chi connectivity index (χ3v) is 3.69. The highest BCUT2D eigenvalue weighted by molar-refractivity contribution is 6.00. The summed E-state index contributed by atoms with van der Waals surface area (Å²) in [7, 11) is 0. The first-order chi connectivity index (χ1) is 13.8. The normalized spacial score (nSPS) is 11.4. The molecule has 7 nitrogen and oxygen atoms in total. The van der Waals surface area contributed by atoms with Gasteiger partial charge in [-0.3, -0.25) is 9.59 Å². The number of urea groups is 1. The lowest BCUT2D eigenvalue weighted by Gasteiger charge is -2.13. The van der Waals surface area contributed by atoms with Crippen LogP contribution in [-0.2, 0) is 9.53 Å². The summed E-state index contributed by atoms with van der Waals surface area (Å²) >= 11 is 0. The molecule has 0 radical (unpaired) electrons. The molecule has 0 saturated carbocycles. The second kappa shape index (κ2) is 10.7. The van der Waals surface area contributed by atoms with Gasteiger partial charge < -0.3 is 20.1 Å². The molecule has 0 aliphatic carbocycles. The number of anilines is 1. The molecule has 2 aromatic rings. The Hall–Kier alpha value is -3.49. The maximum absolute atomic E-state index is 12.3. The summed E-state index contributed by atoms with van der Waals surface area (Å²) in [5.74, 6) is -1.23. The molecular weight excluding hydrogens is 386 g/mol. The van der Waals surface area contributed by atoms with Crippen molar-refractivity contribution in [3.8, 4) is 5.75 Å². The van der Waals surface area contributed by atoms with Crippen LogP contribution in [0.3, 0.4) is 0 Å². The Morgan fingerprint density at radius 1 is 1.00 bits per heavy atom. The van der Waals surface area contributed by atoms with Crippen molar-refractivity contribution in [3.63, 3.8) is 0 Å². The molecule has 29 heavy (non-hydrogen) atoms. The average Bonchev–Trinajstić information content (AvgIpc) is 2.68. The quantitative estimate of drug-likeness (QED) is 0.490. The Labute approximate surface area is 166 Å². The lowest BCUT2D eigenvalue weighted by atomic mass is 10.1. The highest BCUT2D eigenvalue weighted by Crippen LogP contribution is 2.16. The lowest BCUT2D eigenvalue weighted by molar-refractivity contribution is -0.146. The zero-order valence-corrected chi connectivity index (χ0v) is 15.6. The van der Waals surface area contributed by atoms with Crippen LogP contribution in [-0.4, -0.2) is 37.0 Å². The van der Waals surface area contributed by atoms with Gasteiger partial charge in [0.05, 0.1) is 6.42 Å². The standard InChI is InChI=1S/C20H20F2N2O5/c1-13(18(26)14-7-9-16(10-8-14)29-19(21)22)28-17(25)11-12-23-20(27)24-15-5-3-2-4-6-15/h2-10,13,19H,11-12H2,1H3,(H2,23,24,27)/t13-/m0/s1. The molecule has 0 aromatic heterocycles. The van der Waals surface area contributed by atoms with Crippen LogP contribution in [0.1, 0.15) is 23.7 Å². The van der Waals surface area contributed by atoms with E-state index in [0.717, 1.165) is 0 Å². The van der Waals surface area contributed by atoms with E-state index in [9.17, 15) is 23.2 Å². The summed E-state index contributed by atoms with van der Waals surface area (Å²) in [4.78, 5) is 35.8. The molecular formula is C20H20F2N2O5. The molecule has 0 fully saturated rings.